The Kier molecular flexibility index (Phi) is 3.09. The summed E-state index contributed by atoms with van der Waals surface area (Å²) in [6.45, 7) is 6.93. The Hall–Kier alpha value is -1.51. The van der Waals surface area contributed by atoms with Crippen LogP contribution in [0.3, 0.4) is 0 Å². The molecule has 92 valence electrons. The van der Waals surface area contributed by atoms with Gasteiger partial charge < -0.3 is 10.6 Å². The van der Waals surface area contributed by atoms with Crippen molar-refractivity contribution in [2.75, 3.05) is 11.9 Å². The molecule has 0 aliphatic carbocycles. The third-order valence-electron chi connectivity index (χ3n) is 2.81. The summed E-state index contributed by atoms with van der Waals surface area (Å²) in [6, 6.07) is 5.94. The second-order valence-electron chi connectivity index (χ2n) is 5.57. The number of fused-ring (bicyclic) bond motifs is 1. The van der Waals surface area contributed by atoms with E-state index in [4.69, 9.17) is 0 Å². The summed E-state index contributed by atoms with van der Waals surface area (Å²) < 4.78 is 0. The lowest BCUT2D eigenvalue weighted by Crippen LogP contribution is -2.41. The highest BCUT2D eigenvalue weighted by atomic mass is 16.1. The van der Waals surface area contributed by atoms with Crippen molar-refractivity contribution in [3.8, 4) is 0 Å². The van der Waals surface area contributed by atoms with Gasteiger partial charge in [0, 0.05) is 12.1 Å². The van der Waals surface area contributed by atoms with Crippen molar-refractivity contribution in [3.63, 3.8) is 0 Å². The molecule has 0 bridgehead atoms. The van der Waals surface area contributed by atoms with E-state index in [1.807, 2.05) is 32.9 Å². The molecule has 1 aromatic rings. The molecule has 0 radical (unpaired) electrons. The number of para-hydroxylation sites is 1. The molecule has 0 spiro atoms. The van der Waals surface area contributed by atoms with Crippen molar-refractivity contribution < 1.29 is 4.79 Å². The lowest BCUT2D eigenvalue weighted by Gasteiger charge is -2.24. The van der Waals surface area contributed by atoms with Crippen molar-refractivity contribution in [2.24, 2.45) is 0 Å². The lowest BCUT2D eigenvalue weighted by molar-refractivity contribution is 0.0920. The van der Waals surface area contributed by atoms with Crippen LogP contribution in [0.4, 0.5) is 5.69 Å². The third-order valence-corrected chi connectivity index (χ3v) is 2.81. The molecular weight excluding hydrogens is 212 g/mol. The van der Waals surface area contributed by atoms with E-state index in [9.17, 15) is 4.79 Å². The van der Waals surface area contributed by atoms with Gasteiger partial charge in [-0.3, -0.25) is 4.79 Å². The summed E-state index contributed by atoms with van der Waals surface area (Å²) in [4.78, 5) is 12.2. The van der Waals surface area contributed by atoms with Gasteiger partial charge in [0.15, 0.2) is 0 Å². The predicted octanol–water partition coefficient (Wildman–Crippen LogP) is 2.57. The van der Waals surface area contributed by atoms with Gasteiger partial charge in [0.1, 0.15) is 0 Å². The maximum Gasteiger partial charge on any atom is 0.253 e. The van der Waals surface area contributed by atoms with Crippen LogP contribution in [0.5, 0.6) is 0 Å². The first-order valence-corrected chi connectivity index (χ1v) is 6.16. The van der Waals surface area contributed by atoms with Crippen LogP contribution in [0.2, 0.25) is 0 Å². The summed E-state index contributed by atoms with van der Waals surface area (Å²) in [6.07, 6.45) is 2.19. The number of rotatable bonds is 1. The minimum atomic E-state index is -0.200. The molecule has 0 saturated heterocycles. The first-order valence-electron chi connectivity index (χ1n) is 6.16. The first-order chi connectivity index (χ1) is 7.97. The van der Waals surface area contributed by atoms with Crippen LogP contribution in [-0.2, 0) is 6.42 Å². The van der Waals surface area contributed by atoms with Gasteiger partial charge in [0.2, 0.25) is 0 Å². The Morgan fingerprint density at radius 1 is 1.35 bits per heavy atom. The van der Waals surface area contributed by atoms with Crippen LogP contribution in [0.25, 0.3) is 0 Å². The van der Waals surface area contributed by atoms with Crippen LogP contribution in [-0.4, -0.2) is 18.0 Å². The maximum absolute atomic E-state index is 12.2. The van der Waals surface area contributed by atoms with Crippen LogP contribution in [0.1, 0.15) is 43.1 Å². The monoisotopic (exact) mass is 232 g/mol. The van der Waals surface area contributed by atoms with Crippen LogP contribution < -0.4 is 10.6 Å². The zero-order valence-corrected chi connectivity index (χ0v) is 10.8. The van der Waals surface area contributed by atoms with Crippen molar-refractivity contribution in [1.29, 1.82) is 0 Å². The highest BCUT2D eigenvalue weighted by Crippen LogP contribution is 2.26. The van der Waals surface area contributed by atoms with E-state index in [1.165, 1.54) is 5.56 Å². The molecule has 2 rings (SSSR count). The molecule has 2 N–H and O–H groups in total. The van der Waals surface area contributed by atoms with E-state index in [1.54, 1.807) is 0 Å². The molecule has 3 nitrogen and oxygen atoms in total. The van der Waals surface area contributed by atoms with Crippen molar-refractivity contribution >= 4 is 11.6 Å². The molecule has 17 heavy (non-hydrogen) atoms. The SMILES string of the molecule is CC(C)(C)NC(=O)c1cccc2c1NCCC2. The van der Waals surface area contributed by atoms with E-state index >= 15 is 0 Å². The fourth-order valence-corrected chi connectivity index (χ4v) is 2.11. The molecule has 0 saturated carbocycles. The molecule has 1 amide bonds. The van der Waals surface area contributed by atoms with Gasteiger partial charge in [-0.2, -0.15) is 0 Å². The summed E-state index contributed by atoms with van der Waals surface area (Å²) in [5.74, 6) is 0.00347. The quantitative estimate of drug-likeness (QED) is 0.781. The van der Waals surface area contributed by atoms with E-state index in [-0.39, 0.29) is 11.4 Å². The minimum Gasteiger partial charge on any atom is -0.384 e. The molecular formula is C14H20N2O. The van der Waals surface area contributed by atoms with Gasteiger partial charge in [0.25, 0.3) is 5.91 Å². The summed E-state index contributed by atoms with van der Waals surface area (Å²) in [7, 11) is 0. The first kappa shape index (κ1) is 12.0. The molecule has 1 aliphatic rings. The fraction of sp³-hybridized carbons (Fsp3) is 0.500. The molecule has 1 aliphatic heterocycles. The Morgan fingerprint density at radius 3 is 2.82 bits per heavy atom. The van der Waals surface area contributed by atoms with E-state index in [0.717, 1.165) is 30.6 Å². The number of carbonyl (C=O) groups is 1. The molecule has 0 unspecified atom stereocenters. The average molecular weight is 232 g/mol. The average Bonchev–Trinajstić information content (AvgIpc) is 2.26. The zero-order valence-electron chi connectivity index (χ0n) is 10.8. The van der Waals surface area contributed by atoms with Gasteiger partial charge in [-0.05, 0) is 45.2 Å². The molecule has 1 heterocycles. The Morgan fingerprint density at radius 2 is 2.12 bits per heavy atom. The summed E-state index contributed by atoms with van der Waals surface area (Å²) >= 11 is 0. The largest absolute Gasteiger partial charge is 0.384 e. The fourth-order valence-electron chi connectivity index (χ4n) is 2.11. The highest BCUT2D eigenvalue weighted by molar-refractivity contribution is 6.00. The number of aryl methyl sites for hydroxylation is 1. The second kappa shape index (κ2) is 4.40. The highest BCUT2D eigenvalue weighted by Gasteiger charge is 2.20. The molecule has 0 aromatic heterocycles. The molecule has 1 aromatic carbocycles. The van der Waals surface area contributed by atoms with Gasteiger partial charge in [-0.25, -0.2) is 0 Å². The zero-order chi connectivity index (χ0) is 12.5. The summed E-state index contributed by atoms with van der Waals surface area (Å²) in [5.41, 5.74) is 2.82. The number of anilines is 1. The Balaban J connectivity index is 2.29. The van der Waals surface area contributed by atoms with Gasteiger partial charge in [-0.1, -0.05) is 12.1 Å². The van der Waals surface area contributed by atoms with E-state index in [2.05, 4.69) is 16.7 Å². The second-order valence-corrected chi connectivity index (χ2v) is 5.57. The van der Waals surface area contributed by atoms with Crippen LogP contribution in [0.15, 0.2) is 18.2 Å². The number of nitrogens with one attached hydrogen (secondary N) is 2. The third kappa shape index (κ3) is 2.78. The smallest absolute Gasteiger partial charge is 0.253 e. The number of amides is 1. The Bertz CT molecular complexity index is 432. The number of carbonyl (C=O) groups excluding carboxylic acids is 1. The molecule has 0 fully saturated rings. The predicted molar refractivity (Wildman–Crippen MR) is 70.5 cm³/mol. The maximum atomic E-state index is 12.2. The van der Waals surface area contributed by atoms with Crippen LogP contribution in [0, 0.1) is 0 Å². The van der Waals surface area contributed by atoms with Gasteiger partial charge >= 0.3 is 0 Å². The molecule has 3 heteroatoms. The van der Waals surface area contributed by atoms with E-state index in [0.29, 0.717) is 0 Å². The normalized spacial score (nSPS) is 14.8. The Labute approximate surface area is 103 Å². The number of benzene rings is 1. The lowest BCUT2D eigenvalue weighted by atomic mass is 9.98. The van der Waals surface area contributed by atoms with Gasteiger partial charge in [0.05, 0.1) is 11.3 Å². The van der Waals surface area contributed by atoms with Crippen molar-refractivity contribution in [1.82, 2.24) is 5.32 Å². The topological polar surface area (TPSA) is 41.1 Å². The van der Waals surface area contributed by atoms with Crippen LogP contribution >= 0.6 is 0 Å². The van der Waals surface area contributed by atoms with Gasteiger partial charge in [-0.15, -0.1) is 0 Å². The number of hydrogen-bond donors (Lipinski definition) is 2. The van der Waals surface area contributed by atoms with E-state index < -0.39 is 0 Å². The minimum absolute atomic E-state index is 0.00347. The number of hydrogen-bond acceptors (Lipinski definition) is 2. The van der Waals surface area contributed by atoms with Crippen molar-refractivity contribution in [3.05, 3.63) is 29.3 Å². The summed E-state index contributed by atoms with van der Waals surface area (Å²) in [5, 5.41) is 6.34. The molecule has 0 atom stereocenters. The van der Waals surface area contributed by atoms with Crippen molar-refractivity contribution in [2.45, 2.75) is 39.2 Å². The standard InChI is InChI=1S/C14H20N2O/c1-14(2,3)16-13(17)11-8-4-6-10-7-5-9-15-12(10)11/h4,6,8,15H,5,7,9H2,1-3H3,(H,16,17).